The summed E-state index contributed by atoms with van der Waals surface area (Å²) in [7, 11) is 0. The van der Waals surface area contributed by atoms with Crippen molar-refractivity contribution in [3.63, 3.8) is 0 Å². The first kappa shape index (κ1) is 16.3. The van der Waals surface area contributed by atoms with Crippen LogP contribution in [0, 0.1) is 12.8 Å². The summed E-state index contributed by atoms with van der Waals surface area (Å²) in [6.45, 7) is 2.47. The van der Waals surface area contributed by atoms with Gasteiger partial charge in [-0.3, -0.25) is 4.79 Å². The molecule has 1 amide bonds. The zero-order valence-corrected chi connectivity index (χ0v) is 13.7. The van der Waals surface area contributed by atoms with Crippen LogP contribution in [0.1, 0.15) is 21.7 Å². The molecule has 1 aromatic heterocycles. The molecule has 24 heavy (non-hydrogen) atoms. The third kappa shape index (κ3) is 3.84. The average molecular weight is 323 g/mol. The fourth-order valence-corrected chi connectivity index (χ4v) is 2.68. The van der Waals surface area contributed by atoms with Crippen LogP contribution < -0.4 is 5.32 Å². The molecule has 3 aromatic rings. The molecule has 0 fully saturated rings. The normalized spacial score (nSPS) is 12.2. The second-order valence-electron chi connectivity index (χ2n) is 6.10. The van der Waals surface area contributed by atoms with Crippen LogP contribution in [0.4, 0.5) is 0 Å². The lowest BCUT2D eigenvalue weighted by Gasteiger charge is -2.14. The van der Waals surface area contributed by atoms with Gasteiger partial charge < -0.3 is 14.8 Å². The van der Waals surface area contributed by atoms with Crippen LogP contribution in [-0.2, 0) is 6.42 Å². The number of rotatable bonds is 6. The Kier molecular flexibility index (Phi) is 4.96. The number of carbonyl (C=O) groups excluding carboxylic acids is 1. The number of aliphatic hydroxyl groups is 1. The Morgan fingerprint density at radius 3 is 2.62 bits per heavy atom. The minimum atomic E-state index is -0.256. The maximum Gasteiger partial charge on any atom is 0.287 e. The van der Waals surface area contributed by atoms with Crippen molar-refractivity contribution in [2.24, 2.45) is 5.92 Å². The number of furan rings is 1. The molecule has 0 spiro atoms. The number of amides is 1. The minimum absolute atomic E-state index is 0.0221. The second kappa shape index (κ2) is 7.32. The third-order valence-electron chi connectivity index (χ3n) is 4.10. The summed E-state index contributed by atoms with van der Waals surface area (Å²) >= 11 is 0. The van der Waals surface area contributed by atoms with Gasteiger partial charge in [0.15, 0.2) is 5.76 Å². The fourth-order valence-electron chi connectivity index (χ4n) is 2.68. The van der Waals surface area contributed by atoms with Gasteiger partial charge in [0.2, 0.25) is 0 Å². The lowest BCUT2D eigenvalue weighted by Crippen LogP contribution is -2.31. The van der Waals surface area contributed by atoms with Gasteiger partial charge in [0, 0.05) is 24.5 Å². The van der Waals surface area contributed by atoms with Crippen molar-refractivity contribution in [1.82, 2.24) is 5.32 Å². The second-order valence-corrected chi connectivity index (χ2v) is 6.10. The van der Waals surface area contributed by atoms with Crippen LogP contribution in [0.15, 0.2) is 59.0 Å². The topological polar surface area (TPSA) is 62.5 Å². The fraction of sp³-hybridized carbons (Fsp3) is 0.250. The highest BCUT2D eigenvalue weighted by atomic mass is 16.3. The summed E-state index contributed by atoms with van der Waals surface area (Å²) in [6.07, 6.45) is 0.719. The quantitative estimate of drug-likeness (QED) is 0.731. The molecule has 1 unspecified atom stereocenters. The smallest absolute Gasteiger partial charge is 0.287 e. The van der Waals surface area contributed by atoms with Crippen LogP contribution in [0.3, 0.4) is 0 Å². The highest BCUT2D eigenvalue weighted by molar-refractivity contribution is 5.96. The lowest BCUT2D eigenvalue weighted by molar-refractivity contribution is 0.0914. The van der Waals surface area contributed by atoms with Crippen LogP contribution >= 0.6 is 0 Å². The summed E-state index contributed by atoms with van der Waals surface area (Å²) in [5.74, 6) is 0.0119. The predicted octanol–water partition coefficient (Wildman–Crippen LogP) is 3.32. The molecule has 2 N–H and O–H groups in total. The van der Waals surface area contributed by atoms with Crippen molar-refractivity contribution in [3.8, 4) is 0 Å². The molecule has 4 heteroatoms. The first-order valence-corrected chi connectivity index (χ1v) is 8.09. The molecule has 0 saturated heterocycles. The third-order valence-corrected chi connectivity index (χ3v) is 4.10. The Morgan fingerprint density at radius 2 is 1.92 bits per heavy atom. The predicted molar refractivity (Wildman–Crippen MR) is 94.0 cm³/mol. The zero-order chi connectivity index (χ0) is 16.9. The summed E-state index contributed by atoms with van der Waals surface area (Å²) in [4.78, 5) is 12.2. The van der Waals surface area contributed by atoms with Crippen molar-refractivity contribution < 1.29 is 14.3 Å². The standard InChI is InChI=1S/C20H21NO3/c1-14-6-8-15(9-7-14)10-16(13-22)12-21-20(23)19-11-17-4-2-3-5-18(17)24-19/h2-9,11,16,22H,10,12-13H2,1H3,(H,21,23). The number of aryl methyl sites for hydroxylation is 1. The Hall–Kier alpha value is -2.59. The molecule has 0 bridgehead atoms. The van der Waals surface area contributed by atoms with Crippen molar-refractivity contribution in [1.29, 1.82) is 0 Å². The van der Waals surface area contributed by atoms with E-state index in [9.17, 15) is 9.90 Å². The molecule has 124 valence electrons. The van der Waals surface area contributed by atoms with Gasteiger partial charge in [0.05, 0.1) is 0 Å². The Labute approximate surface area is 141 Å². The molecule has 0 aliphatic heterocycles. The van der Waals surface area contributed by atoms with Gasteiger partial charge in [0.1, 0.15) is 5.58 Å². The van der Waals surface area contributed by atoms with E-state index in [1.54, 1.807) is 6.07 Å². The molecular weight excluding hydrogens is 302 g/mol. The van der Waals surface area contributed by atoms with Gasteiger partial charge >= 0.3 is 0 Å². The van der Waals surface area contributed by atoms with Crippen LogP contribution in [0.2, 0.25) is 0 Å². The van der Waals surface area contributed by atoms with E-state index < -0.39 is 0 Å². The zero-order valence-electron chi connectivity index (χ0n) is 13.7. The molecule has 3 rings (SSSR count). The van der Waals surface area contributed by atoms with E-state index in [0.717, 1.165) is 17.4 Å². The molecule has 4 nitrogen and oxygen atoms in total. The van der Waals surface area contributed by atoms with E-state index >= 15 is 0 Å². The highest BCUT2D eigenvalue weighted by Crippen LogP contribution is 2.18. The van der Waals surface area contributed by atoms with E-state index in [1.807, 2.05) is 31.2 Å². The number of hydrogen-bond donors (Lipinski definition) is 2. The van der Waals surface area contributed by atoms with Crippen molar-refractivity contribution in [3.05, 3.63) is 71.5 Å². The van der Waals surface area contributed by atoms with Crippen LogP contribution in [-0.4, -0.2) is 24.2 Å². The molecular formula is C20H21NO3. The van der Waals surface area contributed by atoms with Gasteiger partial charge in [-0.2, -0.15) is 0 Å². The molecule has 0 aliphatic rings. The molecule has 0 aliphatic carbocycles. The summed E-state index contributed by atoms with van der Waals surface area (Å²) in [5, 5.41) is 13.3. The van der Waals surface area contributed by atoms with Crippen LogP contribution in [0.25, 0.3) is 11.0 Å². The van der Waals surface area contributed by atoms with Gasteiger partial charge in [0.25, 0.3) is 5.91 Å². The number of para-hydroxylation sites is 1. The van der Waals surface area contributed by atoms with E-state index in [2.05, 4.69) is 29.6 Å². The minimum Gasteiger partial charge on any atom is -0.451 e. The summed E-state index contributed by atoms with van der Waals surface area (Å²) in [6, 6.07) is 17.5. The van der Waals surface area contributed by atoms with E-state index in [0.29, 0.717) is 17.9 Å². The molecule has 0 saturated carbocycles. The van der Waals surface area contributed by atoms with Gasteiger partial charge in [-0.15, -0.1) is 0 Å². The lowest BCUT2D eigenvalue weighted by atomic mass is 9.99. The number of aliphatic hydroxyl groups excluding tert-OH is 1. The van der Waals surface area contributed by atoms with Gasteiger partial charge in [-0.25, -0.2) is 0 Å². The Bertz CT molecular complexity index is 787. The number of benzene rings is 2. The molecule has 0 radical (unpaired) electrons. The number of fused-ring (bicyclic) bond motifs is 1. The van der Waals surface area contributed by atoms with E-state index in [-0.39, 0.29) is 18.4 Å². The SMILES string of the molecule is Cc1ccc(CC(CO)CNC(=O)c2cc3ccccc3o2)cc1. The average Bonchev–Trinajstić information content (AvgIpc) is 3.04. The monoisotopic (exact) mass is 323 g/mol. The summed E-state index contributed by atoms with van der Waals surface area (Å²) in [5.41, 5.74) is 3.05. The Morgan fingerprint density at radius 1 is 1.17 bits per heavy atom. The number of carbonyl (C=O) groups is 1. The molecule has 1 heterocycles. The number of hydrogen-bond acceptors (Lipinski definition) is 3. The van der Waals surface area contributed by atoms with E-state index in [1.165, 1.54) is 5.56 Å². The highest BCUT2D eigenvalue weighted by Gasteiger charge is 2.15. The molecule has 1 atom stereocenters. The first-order valence-electron chi connectivity index (χ1n) is 8.09. The van der Waals surface area contributed by atoms with E-state index in [4.69, 9.17) is 4.42 Å². The van der Waals surface area contributed by atoms with Gasteiger partial charge in [-0.1, -0.05) is 48.0 Å². The molecule has 2 aromatic carbocycles. The maximum atomic E-state index is 12.2. The van der Waals surface area contributed by atoms with Gasteiger partial charge in [-0.05, 0) is 31.0 Å². The van der Waals surface area contributed by atoms with Crippen molar-refractivity contribution >= 4 is 16.9 Å². The number of nitrogens with one attached hydrogen (secondary N) is 1. The van der Waals surface area contributed by atoms with Crippen LogP contribution in [0.5, 0.6) is 0 Å². The summed E-state index contributed by atoms with van der Waals surface area (Å²) < 4.78 is 5.55. The maximum absolute atomic E-state index is 12.2. The first-order chi connectivity index (χ1) is 11.7. The largest absolute Gasteiger partial charge is 0.451 e. The Balaban J connectivity index is 1.60. The van der Waals surface area contributed by atoms with Crippen molar-refractivity contribution in [2.45, 2.75) is 13.3 Å². The van der Waals surface area contributed by atoms with Crippen molar-refractivity contribution in [2.75, 3.05) is 13.2 Å².